The molecule has 2 rings (SSSR count). The van der Waals surface area contributed by atoms with Crippen molar-refractivity contribution in [1.29, 1.82) is 0 Å². The van der Waals surface area contributed by atoms with Gasteiger partial charge in [-0.15, -0.1) is 0 Å². The molecule has 1 atom stereocenters. The molecule has 0 aliphatic heterocycles. The molecular formula is C16H23ClN2O. The number of carbonyl (C=O) groups is 1. The van der Waals surface area contributed by atoms with Gasteiger partial charge in [0.1, 0.15) is 0 Å². The van der Waals surface area contributed by atoms with Gasteiger partial charge in [-0.2, -0.15) is 0 Å². The molecule has 1 aromatic carbocycles. The second-order valence-corrected chi connectivity index (χ2v) is 6.29. The SMILES string of the molecule is CC(Cc1cccc(Cl)c1)NC(=O)C1CCC(N)CC1. The van der Waals surface area contributed by atoms with E-state index >= 15 is 0 Å². The van der Waals surface area contributed by atoms with Crippen molar-refractivity contribution in [3.8, 4) is 0 Å². The molecule has 3 nitrogen and oxygen atoms in total. The quantitative estimate of drug-likeness (QED) is 0.897. The van der Waals surface area contributed by atoms with E-state index in [-0.39, 0.29) is 23.9 Å². The van der Waals surface area contributed by atoms with Crippen LogP contribution in [0.5, 0.6) is 0 Å². The van der Waals surface area contributed by atoms with Crippen molar-refractivity contribution in [2.24, 2.45) is 11.7 Å². The van der Waals surface area contributed by atoms with Crippen LogP contribution in [0.3, 0.4) is 0 Å². The van der Waals surface area contributed by atoms with Gasteiger partial charge in [0.2, 0.25) is 5.91 Å². The predicted molar refractivity (Wildman–Crippen MR) is 82.7 cm³/mol. The number of halogens is 1. The van der Waals surface area contributed by atoms with Crippen molar-refractivity contribution in [1.82, 2.24) is 5.32 Å². The molecule has 4 heteroatoms. The first-order valence-electron chi connectivity index (χ1n) is 7.35. The molecule has 0 radical (unpaired) electrons. The van der Waals surface area contributed by atoms with Crippen molar-refractivity contribution in [3.63, 3.8) is 0 Å². The Labute approximate surface area is 125 Å². The Bertz CT molecular complexity index is 456. The molecule has 1 aliphatic carbocycles. The first kappa shape index (κ1) is 15.3. The number of amides is 1. The first-order valence-corrected chi connectivity index (χ1v) is 7.73. The number of benzene rings is 1. The van der Waals surface area contributed by atoms with Crippen molar-refractivity contribution in [3.05, 3.63) is 34.9 Å². The van der Waals surface area contributed by atoms with E-state index in [1.54, 1.807) is 0 Å². The van der Waals surface area contributed by atoms with Gasteiger partial charge < -0.3 is 11.1 Å². The van der Waals surface area contributed by atoms with E-state index in [1.807, 2.05) is 31.2 Å². The van der Waals surface area contributed by atoms with Gasteiger partial charge in [-0.3, -0.25) is 4.79 Å². The predicted octanol–water partition coefficient (Wildman–Crippen LogP) is 2.90. The second kappa shape index (κ2) is 7.09. The zero-order valence-electron chi connectivity index (χ0n) is 11.9. The molecule has 20 heavy (non-hydrogen) atoms. The Hall–Kier alpha value is -1.06. The summed E-state index contributed by atoms with van der Waals surface area (Å²) in [5.74, 6) is 0.308. The highest BCUT2D eigenvalue weighted by Gasteiger charge is 2.25. The van der Waals surface area contributed by atoms with Crippen LogP contribution in [0.25, 0.3) is 0 Å². The molecule has 0 spiro atoms. The third kappa shape index (κ3) is 4.50. The van der Waals surface area contributed by atoms with E-state index < -0.39 is 0 Å². The van der Waals surface area contributed by atoms with Gasteiger partial charge in [-0.05, 0) is 56.7 Å². The standard InChI is InChI=1S/C16H23ClN2O/c1-11(9-12-3-2-4-14(17)10-12)19-16(20)13-5-7-15(18)8-6-13/h2-4,10-11,13,15H,5-9,18H2,1H3,(H,19,20). The minimum absolute atomic E-state index is 0.122. The lowest BCUT2D eigenvalue weighted by Crippen LogP contribution is -2.41. The van der Waals surface area contributed by atoms with Gasteiger partial charge in [0.05, 0.1) is 0 Å². The lowest BCUT2D eigenvalue weighted by atomic mass is 9.86. The molecule has 1 aliphatic rings. The summed E-state index contributed by atoms with van der Waals surface area (Å²) >= 11 is 5.97. The molecule has 110 valence electrons. The maximum atomic E-state index is 12.2. The third-order valence-corrected chi connectivity index (χ3v) is 4.20. The second-order valence-electron chi connectivity index (χ2n) is 5.86. The smallest absolute Gasteiger partial charge is 0.223 e. The number of hydrogen-bond acceptors (Lipinski definition) is 2. The number of carbonyl (C=O) groups excluding carboxylic acids is 1. The molecule has 1 amide bonds. The summed E-state index contributed by atoms with van der Waals surface area (Å²) in [5, 5.41) is 3.85. The molecule has 1 saturated carbocycles. The fourth-order valence-corrected chi connectivity index (χ4v) is 3.02. The van der Waals surface area contributed by atoms with Gasteiger partial charge in [-0.25, -0.2) is 0 Å². The van der Waals surface area contributed by atoms with Crippen LogP contribution in [0.1, 0.15) is 38.2 Å². The van der Waals surface area contributed by atoms with Crippen LogP contribution in [0.2, 0.25) is 5.02 Å². The topological polar surface area (TPSA) is 55.1 Å². The van der Waals surface area contributed by atoms with Gasteiger partial charge in [-0.1, -0.05) is 23.7 Å². The molecular weight excluding hydrogens is 272 g/mol. The summed E-state index contributed by atoms with van der Waals surface area (Å²) in [7, 11) is 0. The minimum atomic E-state index is 0.122. The van der Waals surface area contributed by atoms with Crippen LogP contribution in [0, 0.1) is 5.92 Å². The normalized spacial score (nSPS) is 24.1. The van der Waals surface area contributed by atoms with Gasteiger partial charge in [0.15, 0.2) is 0 Å². The summed E-state index contributed by atoms with van der Waals surface area (Å²) < 4.78 is 0. The van der Waals surface area contributed by atoms with Crippen LogP contribution >= 0.6 is 11.6 Å². The van der Waals surface area contributed by atoms with Crippen LogP contribution in [0.4, 0.5) is 0 Å². The first-order chi connectivity index (χ1) is 9.54. The maximum Gasteiger partial charge on any atom is 0.223 e. The van der Waals surface area contributed by atoms with Gasteiger partial charge >= 0.3 is 0 Å². The summed E-state index contributed by atoms with van der Waals surface area (Å²) in [5.41, 5.74) is 7.02. The molecule has 1 unspecified atom stereocenters. The fourth-order valence-electron chi connectivity index (χ4n) is 2.81. The number of rotatable bonds is 4. The summed E-state index contributed by atoms with van der Waals surface area (Å²) in [6.45, 7) is 2.04. The summed E-state index contributed by atoms with van der Waals surface area (Å²) in [6, 6.07) is 8.19. The Morgan fingerprint density at radius 3 is 2.75 bits per heavy atom. The largest absolute Gasteiger partial charge is 0.353 e. The monoisotopic (exact) mass is 294 g/mol. The number of hydrogen-bond donors (Lipinski definition) is 2. The van der Waals surface area contributed by atoms with E-state index in [1.165, 1.54) is 0 Å². The average molecular weight is 295 g/mol. The Morgan fingerprint density at radius 2 is 2.10 bits per heavy atom. The Morgan fingerprint density at radius 1 is 1.40 bits per heavy atom. The lowest BCUT2D eigenvalue weighted by Gasteiger charge is -2.26. The van der Waals surface area contributed by atoms with E-state index in [4.69, 9.17) is 17.3 Å². The highest BCUT2D eigenvalue weighted by atomic mass is 35.5. The zero-order valence-corrected chi connectivity index (χ0v) is 12.7. The van der Waals surface area contributed by atoms with Gasteiger partial charge in [0, 0.05) is 23.0 Å². The van der Waals surface area contributed by atoms with Crippen molar-refractivity contribution < 1.29 is 4.79 Å². The highest BCUT2D eigenvalue weighted by Crippen LogP contribution is 2.23. The van der Waals surface area contributed by atoms with Crippen molar-refractivity contribution >= 4 is 17.5 Å². The van der Waals surface area contributed by atoms with Crippen LogP contribution in [0.15, 0.2) is 24.3 Å². The van der Waals surface area contributed by atoms with E-state index in [0.29, 0.717) is 0 Å². The van der Waals surface area contributed by atoms with Crippen LogP contribution in [-0.2, 0) is 11.2 Å². The Balaban J connectivity index is 1.82. The number of nitrogens with one attached hydrogen (secondary N) is 1. The minimum Gasteiger partial charge on any atom is -0.353 e. The average Bonchev–Trinajstić information content (AvgIpc) is 2.39. The molecule has 0 saturated heterocycles. The van der Waals surface area contributed by atoms with E-state index in [9.17, 15) is 4.79 Å². The molecule has 1 fully saturated rings. The fraction of sp³-hybridized carbons (Fsp3) is 0.562. The molecule has 0 heterocycles. The highest BCUT2D eigenvalue weighted by molar-refractivity contribution is 6.30. The van der Waals surface area contributed by atoms with Crippen molar-refractivity contribution in [2.45, 2.75) is 51.1 Å². The zero-order chi connectivity index (χ0) is 14.5. The van der Waals surface area contributed by atoms with Crippen molar-refractivity contribution in [2.75, 3.05) is 0 Å². The van der Waals surface area contributed by atoms with Gasteiger partial charge in [0.25, 0.3) is 0 Å². The van der Waals surface area contributed by atoms with Crippen LogP contribution < -0.4 is 11.1 Å². The molecule has 0 bridgehead atoms. The molecule has 0 aromatic heterocycles. The number of nitrogens with two attached hydrogens (primary N) is 1. The van der Waals surface area contributed by atoms with E-state index in [0.717, 1.165) is 42.7 Å². The maximum absolute atomic E-state index is 12.2. The summed E-state index contributed by atoms with van der Waals surface area (Å²) in [4.78, 5) is 12.2. The van der Waals surface area contributed by atoms with Crippen LogP contribution in [-0.4, -0.2) is 18.0 Å². The molecule has 1 aromatic rings. The third-order valence-electron chi connectivity index (χ3n) is 3.96. The van der Waals surface area contributed by atoms with E-state index in [2.05, 4.69) is 5.32 Å². The summed E-state index contributed by atoms with van der Waals surface area (Å²) in [6.07, 6.45) is 4.55. The lowest BCUT2D eigenvalue weighted by molar-refractivity contribution is -0.126. The Kier molecular flexibility index (Phi) is 5.44. The molecule has 3 N–H and O–H groups in total.